The van der Waals surface area contributed by atoms with Crippen molar-refractivity contribution >= 4 is 50.2 Å². The van der Waals surface area contributed by atoms with Crippen LogP contribution < -0.4 is 14.9 Å². The number of anilines is 3. The highest BCUT2D eigenvalue weighted by molar-refractivity contribution is 7.92. The molecule has 1 atom stereocenters. The number of ketones is 1. The summed E-state index contributed by atoms with van der Waals surface area (Å²) in [7, 11) is -3.84. The maximum atomic E-state index is 13.7. The molecule has 34 heavy (non-hydrogen) atoms. The minimum atomic E-state index is -3.84. The largest absolute Gasteiger partial charge is 0.332 e. The molecule has 3 aromatic carbocycles. The molecular formula is C25H24FN3O3S2. The highest BCUT2D eigenvalue weighted by atomic mass is 32.2. The Kier molecular flexibility index (Phi) is 6.67. The maximum absolute atomic E-state index is 13.7. The van der Waals surface area contributed by atoms with Crippen LogP contribution >= 0.6 is 12.2 Å². The molecule has 0 fully saturated rings. The second-order valence-electron chi connectivity index (χ2n) is 8.20. The fourth-order valence-electron chi connectivity index (χ4n) is 3.96. The fourth-order valence-corrected chi connectivity index (χ4v) is 5.92. The van der Waals surface area contributed by atoms with Crippen LogP contribution in [0.4, 0.5) is 21.5 Å². The molecule has 176 valence electrons. The molecule has 0 spiro atoms. The first-order valence-electron chi connectivity index (χ1n) is 10.8. The van der Waals surface area contributed by atoms with Crippen molar-refractivity contribution in [3.63, 3.8) is 0 Å². The van der Waals surface area contributed by atoms with E-state index in [1.54, 1.807) is 36.4 Å². The van der Waals surface area contributed by atoms with Gasteiger partial charge in [-0.05, 0) is 111 Å². The van der Waals surface area contributed by atoms with Crippen LogP contribution in [0.3, 0.4) is 0 Å². The smallest absolute Gasteiger partial charge is 0.264 e. The molecule has 0 saturated carbocycles. The van der Waals surface area contributed by atoms with Crippen molar-refractivity contribution in [3.05, 3.63) is 83.7 Å². The van der Waals surface area contributed by atoms with E-state index in [0.29, 0.717) is 40.5 Å². The average Bonchev–Trinajstić information content (AvgIpc) is 2.79. The Morgan fingerprint density at radius 3 is 2.18 bits per heavy atom. The Hall–Kier alpha value is -3.30. The van der Waals surface area contributed by atoms with E-state index in [1.807, 2.05) is 6.92 Å². The molecular weight excluding hydrogens is 473 g/mol. The molecule has 6 nitrogen and oxygen atoms in total. The van der Waals surface area contributed by atoms with Gasteiger partial charge in [-0.3, -0.25) is 9.10 Å². The summed E-state index contributed by atoms with van der Waals surface area (Å²) in [6.07, 6.45) is 1.24. The van der Waals surface area contributed by atoms with Crippen molar-refractivity contribution in [2.45, 2.75) is 37.6 Å². The number of aryl methyl sites for hydroxylation is 1. The van der Waals surface area contributed by atoms with E-state index < -0.39 is 10.0 Å². The fraction of sp³-hybridized carbons (Fsp3) is 0.200. The van der Waals surface area contributed by atoms with Gasteiger partial charge in [0.1, 0.15) is 5.82 Å². The maximum Gasteiger partial charge on any atom is 0.264 e. The Morgan fingerprint density at radius 1 is 1.00 bits per heavy atom. The first-order valence-corrected chi connectivity index (χ1v) is 12.6. The number of fused-ring (bicyclic) bond motifs is 1. The molecule has 0 bridgehead atoms. The van der Waals surface area contributed by atoms with Gasteiger partial charge in [0.25, 0.3) is 10.0 Å². The van der Waals surface area contributed by atoms with Gasteiger partial charge in [0, 0.05) is 23.0 Å². The number of sulfonamides is 1. The van der Waals surface area contributed by atoms with E-state index in [1.165, 1.54) is 41.6 Å². The zero-order valence-electron chi connectivity index (χ0n) is 18.7. The molecule has 1 aliphatic heterocycles. The minimum Gasteiger partial charge on any atom is -0.332 e. The molecule has 0 radical (unpaired) electrons. The number of hydrogen-bond acceptors (Lipinski definition) is 4. The molecule has 2 N–H and O–H groups in total. The summed E-state index contributed by atoms with van der Waals surface area (Å²) in [6.45, 7) is 3.36. The predicted octanol–water partition coefficient (Wildman–Crippen LogP) is 5.37. The zero-order valence-corrected chi connectivity index (χ0v) is 20.3. The standard InChI is InChI=1S/C25H24FN3O3S2/c1-16-3-4-19-15-20(26)7-14-24(19)29(16)34(31,32)23-12-10-22(11-13-23)28-25(33)27-21-8-5-18(6-9-21)17(2)30/h5-16H,3-4H2,1-2H3,(H2,27,28,33)/t16-/m0/s1. The number of halogens is 1. The monoisotopic (exact) mass is 497 g/mol. The average molecular weight is 498 g/mol. The van der Waals surface area contributed by atoms with E-state index in [0.717, 1.165) is 5.69 Å². The summed E-state index contributed by atoms with van der Waals surface area (Å²) < 4.78 is 41.9. The Bertz CT molecular complexity index is 1340. The molecule has 1 heterocycles. The van der Waals surface area contributed by atoms with Crippen LogP contribution in [0.25, 0.3) is 0 Å². The molecule has 1 aliphatic rings. The Labute approximate surface area is 203 Å². The van der Waals surface area contributed by atoms with Gasteiger partial charge < -0.3 is 10.6 Å². The minimum absolute atomic E-state index is 0.0168. The van der Waals surface area contributed by atoms with Gasteiger partial charge >= 0.3 is 0 Å². The highest BCUT2D eigenvalue weighted by Crippen LogP contribution is 2.36. The second kappa shape index (κ2) is 9.52. The number of hydrogen-bond donors (Lipinski definition) is 2. The van der Waals surface area contributed by atoms with Crippen molar-refractivity contribution in [3.8, 4) is 0 Å². The summed E-state index contributed by atoms with van der Waals surface area (Å²) >= 11 is 5.33. The van der Waals surface area contributed by atoms with Gasteiger partial charge in [-0.2, -0.15) is 0 Å². The summed E-state index contributed by atoms with van der Waals surface area (Å²) in [6, 6.07) is 17.2. The van der Waals surface area contributed by atoms with Crippen LogP contribution in [-0.4, -0.2) is 25.4 Å². The number of Topliss-reactive ketones (excluding diaryl/α,β-unsaturated/α-hetero) is 1. The van der Waals surface area contributed by atoms with E-state index in [4.69, 9.17) is 12.2 Å². The van der Waals surface area contributed by atoms with Gasteiger partial charge in [-0.25, -0.2) is 12.8 Å². The van der Waals surface area contributed by atoms with Crippen LogP contribution in [0.15, 0.2) is 71.6 Å². The Morgan fingerprint density at radius 2 is 1.59 bits per heavy atom. The summed E-state index contributed by atoms with van der Waals surface area (Å²) in [5.74, 6) is -0.391. The van der Waals surface area contributed by atoms with Gasteiger partial charge in [0.05, 0.1) is 10.6 Å². The van der Waals surface area contributed by atoms with Crippen molar-refractivity contribution in [2.75, 3.05) is 14.9 Å². The number of benzene rings is 3. The molecule has 3 aromatic rings. The van der Waals surface area contributed by atoms with Crippen molar-refractivity contribution in [2.24, 2.45) is 0 Å². The predicted molar refractivity (Wildman–Crippen MR) is 137 cm³/mol. The molecule has 0 aromatic heterocycles. The molecule has 9 heteroatoms. The lowest BCUT2D eigenvalue weighted by Crippen LogP contribution is -2.42. The summed E-state index contributed by atoms with van der Waals surface area (Å²) in [5, 5.41) is 6.37. The normalized spacial score (nSPS) is 15.4. The van der Waals surface area contributed by atoms with Crippen LogP contribution in [0.5, 0.6) is 0 Å². The molecule has 0 saturated heterocycles. The number of rotatable bonds is 5. The molecule has 4 rings (SSSR count). The van der Waals surface area contributed by atoms with E-state index in [9.17, 15) is 17.6 Å². The van der Waals surface area contributed by atoms with Crippen molar-refractivity contribution in [1.82, 2.24) is 0 Å². The highest BCUT2D eigenvalue weighted by Gasteiger charge is 2.34. The lowest BCUT2D eigenvalue weighted by molar-refractivity contribution is 0.101. The number of carbonyl (C=O) groups is 1. The topological polar surface area (TPSA) is 78.5 Å². The van der Waals surface area contributed by atoms with Crippen LogP contribution in [-0.2, 0) is 16.4 Å². The Balaban J connectivity index is 1.49. The zero-order chi connectivity index (χ0) is 24.5. The second-order valence-corrected chi connectivity index (χ2v) is 10.4. The van der Waals surface area contributed by atoms with Crippen LogP contribution in [0.2, 0.25) is 0 Å². The van der Waals surface area contributed by atoms with Gasteiger partial charge in [-0.1, -0.05) is 0 Å². The van der Waals surface area contributed by atoms with Crippen molar-refractivity contribution < 1.29 is 17.6 Å². The quantitative estimate of drug-likeness (QED) is 0.365. The first-order chi connectivity index (χ1) is 16.1. The first kappa shape index (κ1) is 23.8. The van der Waals surface area contributed by atoms with Gasteiger partial charge in [0.2, 0.25) is 0 Å². The number of carbonyl (C=O) groups excluding carboxylic acids is 1. The number of thiocarbonyl (C=S) groups is 1. The third-order valence-electron chi connectivity index (χ3n) is 5.73. The SMILES string of the molecule is CC(=O)c1ccc(NC(=S)Nc2ccc(S(=O)(=O)N3c4ccc(F)cc4CC[C@@H]3C)cc2)cc1. The summed E-state index contributed by atoms with van der Waals surface area (Å²) in [4.78, 5) is 11.5. The van der Waals surface area contributed by atoms with Gasteiger partial charge in [-0.15, -0.1) is 0 Å². The van der Waals surface area contributed by atoms with Crippen molar-refractivity contribution in [1.29, 1.82) is 0 Å². The third-order valence-corrected chi connectivity index (χ3v) is 7.88. The lowest BCUT2D eigenvalue weighted by atomic mass is 9.99. The van der Waals surface area contributed by atoms with Crippen LogP contribution in [0, 0.1) is 5.82 Å². The molecule has 0 unspecified atom stereocenters. The molecule has 0 aliphatic carbocycles. The third kappa shape index (κ3) is 4.95. The van der Waals surface area contributed by atoms with E-state index in [-0.39, 0.29) is 22.5 Å². The molecule has 0 amide bonds. The number of nitrogens with zero attached hydrogens (tertiary/aromatic N) is 1. The van der Waals surface area contributed by atoms with E-state index in [2.05, 4.69) is 10.6 Å². The van der Waals surface area contributed by atoms with Crippen LogP contribution in [0.1, 0.15) is 36.2 Å². The summed E-state index contributed by atoms with van der Waals surface area (Å²) in [5.41, 5.74) is 3.15. The van der Waals surface area contributed by atoms with E-state index >= 15 is 0 Å². The van der Waals surface area contributed by atoms with Gasteiger partial charge in [0.15, 0.2) is 10.9 Å². The number of nitrogens with one attached hydrogen (secondary N) is 2. The lowest BCUT2D eigenvalue weighted by Gasteiger charge is -2.36.